The topological polar surface area (TPSA) is 65.7 Å². The van der Waals surface area contributed by atoms with Crippen LogP contribution in [0.15, 0.2) is 101 Å². The van der Waals surface area contributed by atoms with Crippen LogP contribution in [-0.2, 0) is 19.2 Å². The van der Waals surface area contributed by atoms with Gasteiger partial charge >= 0.3 is 6.18 Å². The van der Waals surface area contributed by atoms with Crippen molar-refractivity contribution in [1.29, 1.82) is 0 Å². The van der Waals surface area contributed by atoms with Crippen molar-refractivity contribution >= 4 is 40.3 Å². The molecule has 1 heterocycles. The van der Waals surface area contributed by atoms with E-state index in [1.165, 1.54) is 18.3 Å². The zero-order valence-corrected chi connectivity index (χ0v) is 25.5. The highest BCUT2D eigenvalue weighted by molar-refractivity contribution is 6.35. The van der Waals surface area contributed by atoms with Gasteiger partial charge in [0.1, 0.15) is 6.61 Å². The number of nitrogens with zero attached hydrogens (tertiary/aromatic N) is 3. The number of allylic oxidation sites excluding steroid dienone is 1. The van der Waals surface area contributed by atoms with Gasteiger partial charge in [0.15, 0.2) is 17.3 Å². The van der Waals surface area contributed by atoms with E-state index >= 15 is 0 Å². The maximum Gasteiger partial charge on any atom is 0.416 e. The third-order valence-electron chi connectivity index (χ3n) is 6.73. The average Bonchev–Trinajstić information content (AvgIpc) is 3.01. The van der Waals surface area contributed by atoms with Crippen LogP contribution >= 0.6 is 23.2 Å². The lowest BCUT2D eigenvalue weighted by atomic mass is 10.1. The Kier molecular flexibility index (Phi) is 9.60. The molecule has 0 radical (unpaired) electrons. The van der Waals surface area contributed by atoms with E-state index in [0.717, 1.165) is 27.9 Å². The predicted octanol–water partition coefficient (Wildman–Crippen LogP) is 8.98. The predicted molar refractivity (Wildman–Crippen MR) is 172 cm³/mol. The summed E-state index contributed by atoms with van der Waals surface area (Å²) >= 11 is 12.4. The number of hydrogen-bond donors (Lipinski definition) is 0. The van der Waals surface area contributed by atoms with E-state index < -0.39 is 17.3 Å². The Hall–Kier alpha value is -4.60. The number of halogens is 5. The van der Waals surface area contributed by atoms with Gasteiger partial charge in [0.05, 0.1) is 29.3 Å². The van der Waals surface area contributed by atoms with Gasteiger partial charge in [0.2, 0.25) is 0 Å². The van der Waals surface area contributed by atoms with Crippen LogP contribution in [0.1, 0.15) is 29.2 Å². The minimum atomic E-state index is -4.58. The summed E-state index contributed by atoms with van der Waals surface area (Å²) in [7, 11) is 0. The molecular formula is C34H26Cl2F3N3O3. The van der Waals surface area contributed by atoms with Crippen LogP contribution in [0, 0.1) is 0 Å². The molecule has 0 aliphatic carbocycles. The number of para-hydroxylation sites is 1. The molecule has 11 heteroatoms. The molecule has 0 bridgehead atoms. The second-order valence-corrected chi connectivity index (χ2v) is 10.7. The molecule has 0 spiro atoms. The molecule has 0 saturated heterocycles. The van der Waals surface area contributed by atoms with Crippen molar-refractivity contribution in [3.63, 3.8) is 0 Å². The van der Waals surface area contributed by atoms with E-state index in [1.807, 2.05) is 6.92 Å². The van der Waals surface area contributed by atoms with Crippen LogP contribution in [0.3, 0.4) is 0 Å². The first kappa shape index (κ1) is 31.8. The molecule has 1 aromatic heterocycles. The monoisotopic (exact) mass is 651 g/mol. The summed E-state index contributed by atoms with van der Waals surface area (Å²) in [5.74, 6) is 0.858. The van der Waals surface area contributed by atoms with Crippen LogP contribution < -0.4 is 15.0 Å². The molecule has 0 unspecified atom stereocenters. The Bertz CT molecular complexity index is 1970. The fourth-order valence-corrected chi connectivity index (χ4v) is 5.12. The van der Waals surface area contributed by atoms with E-state index in [1.54, 1.807) is 60.7 Å². The molecule has 0 saturated carbocycles. The summed E-state index contributed by atoms with van der Waals surface area (Å²) in [5.41, 5.74) is 0.993. The maximum absolute atomic E-state index is 13.6. The Labute approximate surface area is 267 Å². The summed E-state index contributed by atoms with van der Waals surface area (Å²) < 4.78 is 53.7. The molecule has 0 N–H and O–H groups in total. The van der Waals surface area contributed by atoms with Crippen molar-refractivity contribution in [3.8, 4) is 22.9 Å². The summed E-state index contributed by atoms with van der Waals surface area (Å²) in [6.07, 6.45) is -1.04. The van der Waals surface area contributed by atoms with Crippen molar-refractivity contribution in [2.45, 2.75) is 26.1 Å². The highest BCUT2D eigenvalue weighted by atomic mass is 35.5. The van der Waals surface area contributed by atoms with Gasteiger partial charge in [-0.3, -0.25) is 4.79 Å². The fourth-order valence-electron chi connectivity index (χ4n) is 4.66. The lowest BCUT2D eigenvalue weighted by molar-refractivity contribution is -0.137. The minimum absolute atomic E-state index is 0.0443. The van der Waals surface area contributed by atoms with Crippen molar-refractivity contribution in [2.24, 2.45) is 5.10 Å². The molecule has 0 aliphatic heterocycles. The van der Waals surface area contributed by atoms with Crippen LogP contribution in [0.25, 0.3) is 22.3 Å². The number of benzene rings is 4. The SMILES string of the molecule is C=CCc1cc(C=Nn2c(-c3cccc(C(F)(F)F)c3)nc3ccccc3c2=O)cc(OCC)c1OCc1ccc(Cl)cc1Cl. The van der Waals surface area contributed by atoms with Gasteiger partial charge in [-0.25, -0.2) is 4.98 Å². The molecule has 5 aromatic rings. The molecule has 45 heavy (non-hydrogen) atoms. The number of rotatable bonds is 10. The summed E-state index contributed by atoms with van der Waals surface area (Å²) in [6.45, 7) is 6.16. The highest BCUT2D eigenvalue weighted by Gasteiger charge is 2.31. The van der Waals surface area contributed by atoms with Crippen molar-refractivity contribution in [1.82, 2.24) is 9.66 Å². The minimum Gasteiger partial charge on any atom is -0.490 e. The Morgan fingerprint density at radius 2 is 1.78 bits per heavy atom. The van der Waals surface area contributed by atoms with E-state index in [2.05, 4.69) is 16.7 Å². The first-order valence-electron chi connectivity index (χ1n) is 13.8. The fraction of sp³-hybridized carbons (Fsp3) is 0.147. The second kappa shape index (κ2) is 13.6. The quantitative estimate of drug-likeness (QED) is 0.112. The Morgan fingerprint density at radius 1 is 0.978 bits per heavy atom. The molecule has 6 nitrogen and oxygen atoms in total. The summed E-state index contributed by atoms with van der Waals surface area (Å²) in [5, 5.41) is 5.65. The van der Waals surface area contributed by atoms with Crippen molar-refractivity contribution < 1.29 is 22.6 Å². The van der Waals surface area contributed by atoms with Crippen LogP contribution in [-0.4, -0.2) is 22.5 Å². The number of aromatic nitrogens is 2. The second-order valence-electron chi connectivity index (χ2n) is 9.85. The molecule has 0 aliphatic rings. The van der Waals surface area contributed by atoms with Gasteiger partial charge in [-0.15, -0.1) is 6.58 Å². The highest BCUT2D eigenvalue weighted by Crippen LogP contribution is 2.35. The van der Waals surface area contributed by atoms with Gasteiger partial charge in [-0.2, -0.15) is 22.9 Å². The van der Waals surface area contributed by atoms with E-state index in [-0.39, 0.29) is 23.4 Å². The molecule has 4 aromatic carbocycles. The Balaban J connectivity index is 1.60. The van der Waals surface area contributed by atoms with Gasteiger partial charge in [0.25, 0.3) is 5.56 Å². The number of fused-ring (bicyclic) bond motifs is 1. The third-order valence-corrected chi connectivity index (χ3v) is 7.32. The smallest absolute Gasteiger partial charge is 0.416 e. The van der Waals surface area contributed by atoms with E-state index in [9.17, 15) is 18.0 Å². The normalized spacial score (nSPS) is 11.7. The Morgan fingerprint density at radius 3 is 2.51 bits per heavy atom. The first-order chi connectivity index (χ1) is 21.6. The molecule has 0 atom stereocenters. The standard InChI is InChI=1S/C34H26Cl2F3N3O3/c1-3-8-22-15-21(16-30(44-4-2)31(22)45-20-24-13-14-26(35)18-28(24)36)19-40-42-32(23-9-7-10-25(17-23)34(37,38)39)41-29-12-6-5-11-27(29)33(42)43/h3,5-7,9-19H,1,4,8,20H2,2H3. The van der Waals surface area contributed by atoms with E-state index in [4.69, 9.17) is 32.7 Å². The molecule has 0 amide bonds. The van der Waals surface area contributed by atoms with Gasteiger partial charge in [-0.05, 0) is 67.4 Å². The first-order valence-corrected chi connectivity index (χ1v) is 14.6. The van der Waals surface area contributed by atoms with Gasteiger partial charge in [0, 0.05) is 26.7 Å². The van der Waals surface area contributed by atoms with E-state index in [0.29, 0.717) is 45.7 Å². The zero-order chi connectivity index (χ0) is 32.1. The summed E-state index contributed by atoms with van der Waals surface area (Å²) in [4.78, 5) is 18.1. The molecular weight excluding hydrogens is 626 g/mol. The largest absolute Gasteiger partial charge is 0.490 e. The number of hydrogen-bond acceptors (Lipinski definition) is 5. The van der Waals surface area contributed by atoms with Crippen LogP contribution in [0.2, 0.25) is 10.0 Å². The molecule has 230 valence electrons. The molecule has 5 rings (SSSR count). The lowest BCUT2D eigenvalue weighted by Gasteiger charge is -2.17. The van der Waals surface area contributed by atoms with Gasteiger partial charge in [-0.1, -0.05) is 59.6 Å². The lowest BCUT2D eigenvalue weighted by Crippen LogP contribution is -2.20. The summed E-state index contributed by atoms with van der Waals surface area (Å²) in [6, 6.07) is 19.8. The third kappa shape index (κ3) is 7.21. The zero-order valence-electron chi connectivity index (χ0n) is 23.9. The average molecular weight is 653 g/mol. The molecule has 0 fully saturated rings. The maximum atomic E-state index is 13.6. The number of alkyl halides is 3. The van der Waals surface area contributed by atoms with Crippen molar-refractivity contribution in [2.75, 3.05) is 6.61 Å². The van der Waals surface area contributed by atoms with Crippen LogP contribution in [0.4, 0.5) is 13.2 Å². The number of ether oxygens (including phenoxy) is 2. The van der Waals surface area contributed by atoms with Crippen LogP contribution in [0.5, 0.6) is 11.5 Å². The van der Waals surface area contributed by atoms with Crippen molar-refractivity contribution in [3.05, 3.63) is 134 Å². The van der Waals surface area contributed by atoms with Gasteiger partial charge < -0.3 is 9.47 Å².